The number of carbonyl (C=O) groups is 1. The first-order chi connectivity index (χ1) is 13.4. The molecule has 28 heavy (non-hydrogen) atoms. The van der Waals surface area contributed by atoms with Gasteiger partial charge in [0.25, 0.3) is 5.91 Å². The maximum absolute atomic E-state index is 12.4. The molecule has 0 fully saturated rings. The van der Waals surface area contributed by atoms with Crippen LogP contribution >= 0.6 is 22.9 Å². The number of halogens is 1. The van der Waals surface area contributed by atoms with E-state index in [1.54, 1.807) is 12.1 Å². The monoisotopic (exact) mass is 415 g/mol. The lowest BCUT2D eigenvalue weighted by atomic mass is 10.2. The molecule has 0 unspecified atom stereocenters. The zero-order chi connectivity index (χ0) is 20.3. The molecule has 3 aromatic rings. The van der Waals surface area contributed by atoms with Gasteiger partial charge in [0.2, 0.25) is 0 Å². The molecule has 0 saturated carbocycles. The van der Waals surface area contributed by atoms with Crippen LogP contribution in [0.3, 0.4) is 0 Å². The molecule has 0 atom stereocenters. The highest BCUT2D eigenvalue weighted by molar-refractivity contribution is 7.21. The Kier molecular flexibility index (Phi) is 6.21. The summed E-state index contributed by atoms with van der Waals surface area (Å²) in [7, 11) is 0. The maximum Gasteiger partial charge on any atom is 0.283 e. The van der Waals surface area contributed by atoms with Crippen molar-refractivity contribution in [3.8, 4) is 5.75 Å². The van der Waals surface area contributed by atoms with Crippen molar-refractivity contribution in [2.75, 3.05) is 18.0 Å². The summed E-state index contributed by atoms with van der Waals surface area (Å²) in [5, 5.41) is 15.5. The fraction of sp³-hybridized carbons (Fsp3) is 0.238. The fourth-order valence-electron chi connectivity index (χ4n) is 2.96. The van der Waals surface area contributed by atoms with E-state index in [2.05, 4.69) is 29.3 Å². The topological polar surface area (TPSA) is 64.9 Å². The smallest absolute Gasteiger partial charge is 0.283 e. The summed E-state index contributed by atoms with van der Waals surface area (Å²) in [5.41, 5.74) is 5.06. The van der Waals surface area contributed by atoms with E-state index in [1.807, 2.05) is 31.2 Å². The number of hydrazone groups is 1. The van der Waals surface area contributed by atoms with Crippen molar-refractivity contribution >= 4 is 50.8 Å². The van der Waals surface area contributed by atoms with E-state index < -0.39 is 0 Å². The first-order valence-electron chi connectivity index (χ1n) is 9.04. The number of phenols is 1. The quantitative estimate of drug-likeness (QED) is 0.430. The molecule has 0 aliphatic carbocycles. The van der Waals surface area contributed by atoms with Crippen molar-refractivity contribution in [3.63, 3.8) is 0 Å². The Hall–Kier alpha value is -2.57. The maximum atomic E-state index is 12.4. The highest BCUT2D eigenvalue weighted by Crippen LogP contribution is 2.35. The van der Waals surface area contributed by atoms with Crippen LogP contribution in [-0.4, -0.2) is 30.3 Å². The number of aryl methyl sites for hydroxylation is 1. The molecule has 2 N–H and O–H groups in total. The van der Waals surface area contributed by atoms with E-state index in [-0.39, 0.29) is 11.7 Å². The number of benzene rings is 2. The Morgan fingerprint density at radius 2 is 2.00 bits per heavy atom. The average molecular weight is 416 g/mol. The van der Waals surface area contributed by atoms with Crippen molar-refractivity contribution in [2.45, 2.75) is 20.8 Å². The summed E-state index contributed by atoms with van der Waals surface area (Å²) in [6, 6.07) is 11.3. The molecule has 0 radical (unpaired) electrons. The number of rotatable bonds is 6. The molecule has 0 aliphatic heterocycles. The normalized spacial score (nSPS) is 11.3. The molecule has 0 aliphatic rings. The average Bonchev–Trinajstić information content (AvgIpc) is 3.00. The Morgan fingerprint density at radius 3 is 2.68 bits per heavy atom. The largest absolute Gasteiger partial charge is 0.507 e. The van der Waals surface area contributed by atoms with Crippen LogP contribution in [0.2, 0.25) is 5.02 Å². The molecule has 146 valence electrons. The van der Waals surface area contributed by atoms with Gasteiger partial charge in [-0.25, -0.2) is 5.43 Å². The second-order valence-electron chi connectivity index (χ2n) is 6.36. The van der Waals surface area contributed by atoms with E-state index in [1.165, 1.54) is 17.6 Å². The second kappa shape index (κ2) is 8.63. The minimum absolute atomic E-state index is 0.109. The van der Waals surface area contributed by atoms with Crippen molar-refractivity contribution in [1.29, 1.82) is 0 Å². The Balaban J connectivity index is 1.74. The van der Waals surface area contributed by atoms with Crippen LogP contribution in [0.1, 0.15) is 34.6 Å². The van der Waals surface area contributed by atoms with Crippen LogP contribution in [0.15, 0.2) is 41.5 Å². The number of phenolic OH excluding ortho intramolecular Hbond substituents is 1. The van der Waals surface area contributed by atoms with Gasteiger partial charge in [-0.1, -0.05) is 23.7 Å². The highest BCUT2D eigenvalue weighted by Gasteiger charge is 2.16. The van der Waals surface area contributed by atoms with Crippen LogP contribution in [0, 0.1) is 6.92 Å². The van der Waals surface area contributed by atoms with E-state index >= 15 is 0 Å². The molecular formula is C21H22ClN3O2S. The van der Waals surface area contributed by atoms with Crippen molar-refractivity contribution in [1.82, 2.24) is 5.43 Å². The molecule has 1 heterocycles. The first kappa shape index (κ1) is 20.2. The van der Waals surface area contributed by atoms with E-state index in [9.17, 15) is 9.90 Å². The fourth-order valence-corrected chi connectivity index (χ4v) is 4.46. The summed E-state index contributed by atoms with van der Waals surface area (Å²) in [6.45, 7) is 7.83. The number of hydrogen-bond acceptors (Lipinski definition) is 5. The van der Waals surface area contributed by atoms with Gasteiger partial charge in [0.05, 0.1) is 11.2 Å². The van der Waals surface area contributed by atoms with Gasteiger partial charge in [0, 0.05) is 40.5 Å². The highest BCUT2D eigenvalue weighted by atomic mass is 35.5. The SMILES string of the molecule is CCN(CC)c1ccc(C=NNC(=O)c2sc3cc(C)ccc3c2Cl)c(O)c1. The lowest BCUT2D eigenvalue weighted by Gasteiger charge is -2.21. The Bertz CT molecular complexity index is 1040. The number of carbonyl (C=O) groups excluding carboxylic acids is 1. The van der Waals surface area contributed by atoms with E-state index in [4.69, 9.17) is 11.6 Å². The summed E-state index contributed by atoms with van der Waals surface area (Å²) in [4.78, 5) is 15.0. The molecule has 0 spiro atoms. The van der Waals surface area contributed by atoms with Crippen LogP contribution in [0.25, 0.3) is 10.1 Å². The number of nitrogens with zero attached hydrogens (tertiary/aromatic N) is 2. The summed E-state index contributed by atoms with van der Waals surface area (Å²) < 4.78 is 0.962. The second-order valence-corrected chi connectivity index (χ2v) is 7.79. The number of aromatic hydroxyl groups is 1. The standard InChI is InChI=1S/C21H22ClN3O2S/c1-4-25(5-2)15-8-7-14(17(26)11-15)12-23-24-21(27)20-19(22)16-9-6-13(3)10-18(16)28-20/h6-12,26H,4-5H2,1-3H3,(H,24,27). The number of anilines is 1. The number of thiophene rings is 1. The van der Waals surface area contributed by atoms with Gasteiger partial charge in [-0.05, 0) is 44.5 Å². The molecule has 0 bridgehead atoms. The van der Waals surface area contributed by atoms with Gasteiger partial charge in [0.15, 0.2) is 0 Å². The number of amides is 1. The lowest BCUT2D eigenvalue weighted by Crippen LogP contribution is -2.21. The minimum atomic E-state index is -0.376. The molecule has 0 saturated heterocycles. The minimum Gasteiger partial charge on any atom is -0.507 e. The Labute approximate surface area is 173 Å². The molecule has 1 amide bonds. The van der Waals surface area contributed by atoms with Crippen molar-refractivity contribution in [3.05, 3.63) is 57.4 Å². The van der Waals surface area contributed by atoms with Crippen molar-refractivity contribution < 1.29 is 9.90 Å². The lowest BCUT2D eigenvalue weighted by molar-refractivity contribution is 0.0959. The third-order valence-electron chi connectivity index (χ3n) is 4.50. The van der Waals surface area contributed by atoms with Gasteiger partial charge in [0.1, 0.15) is 10.6 Å². The number of hydrogen-bond donors (Lipinski definition) is 2. The van der Waals surface area contributed by atoms with Gasteiger partial charge in [-0.3, -0.25) is 4.79 Å². The predicted molar refractivity (Wildman–Crippen MR) is 118 cm³/mol. The zero-order valence-corrected chi connectivity index (χ0v) is 17.6. The zero-order valence-electron chi connectivity index (χ0n) is 16.0. The van der Waals surface area contributed by atoms with Crippen LogP contribution < -0.4 is 10.3 Å². The van der Waals surface area contributed by atoms with E-state index in [0.29, 0.717) is 15.5 Å². The van der Waals surface area contributed by atoms with Crippen LogP contribution in [-0.2, 0) is 0 Å². The van der Waals surface area contributed by atoms with E-state index in [0.717, 1.165) is 34.4 Å². The summed E-state index contributed by atoms with van der Waals surface area (Å²) in [5.74, 6) is -0.267. The van der Waals surface area contributed by atoms with Gasteiger partial charge in [-0.2, -0.15) is 5.10 Å². The molecule has 2 aromatic carbocycles. The Morgan fingerprint density at radius 1 is 1.25 bits per heavy atom. The predicted octanol–water partition coefficient (Wildman–Crippen LogP) is 5.18. The number of nitrogens with one attached hydrogen (secondary N) is 1. The van der Waals surface area contributed by atoms with Crippen molar-refractivity contribution in [2.24, 2.45) is 5.10 Å². The van der Waals surface area contributed by atoms with Crippen LogP contribution in [0.4, 0.5) is 5.69 Å². The molecule has 1 aromatic heterocycles. The third kappa shape index (κ3) is 4.13. The molecule has 7 heteroatoms. The molecular weight excluding hydrogens is 394 g/mol. The summed E-state index contributed by atoms with van der Waals surface area (Å²) >= 11 is 7.69. The van der Waals surface area contributed by atoms with Crippen LogP contribution in [0.5, 0.6) is 5.75 Å². The summed E-state index contributed by atoms with van der Waals surface area (Å²) in [6.07, 6.45) is 1.42. The van der Waals surface area contributed by atoms with Gasteiger partial charge in [-0.15, -0.1) is 11.3 Å². The van der Waals surface area contributed by atoms with Gasteiger partial charge >= 0.3 is 0 Å². The third-order valence-corrected chi connectivity index (χ3v) is 6.16. The first-order valence-corrected chi connectivity index (χ1v) is 10.2. The molecule has 3 rings (SSSR count). The number of fused-ring (bicyclic) bond motifs is 1. The molecule has 5 nitrogen and oxygen atoms in total. The van der Waals surface area contributed by atoms with Gasteiger partial charge < -0.3 is 10.0 Å².